The van der Waals surface area contributed by atoms with Crippen LogP contribution in [0.5, 0.6) is 5.75 Å². The fraction of sp³-hybridized carbons (Fsp3) is 0.222. The van der Waals surface area contributed by atoms with Gasteiger partial charge in [-0.05, 0) is 36.2 Å². The minimum absolute atomic E-state index is 0. The van der Waals surface area contributed by atoms with Crippen LogP contribution < -0.4 is 9.64 Å². The molecule has 0 fully saturated rings. The smallest absolute Gasteiger partial charge is 0.144 e. The van der Waals surface area contributed by atoms with Gasteiger partial charge >= 0.3 is 0 Å². The molecular formula is C18H17Cl2N3O2. The van der Waals surface area contributed by atoms with Crippen LogP contribution in [0.15, 0.2) is 42.7 Å². The molecule has 5 nitrogen and oxygen atoms in total. The number of hydrogen-bond acceptors (Lipinski definition) is 5. The van der Waals surface area contributed by atoms with E-state index in [1.165, 1.54) is 5.56 Å². The first-order valence-corrected chi connectivity index (χ1v) is 8.18. The van der Waals surface area contributed by atoms with Crippen molar-refractivity contribution in [1.29, 1.82) is 0 Å². The minimum atomic E-state index is -0.0155. The summed E-state index contributed by atoms with van der Waals surface area (Å²) in [4.78, 5) is 11.0. The van der Waals surface area contributed by atoms with Crippen molar-refractivity contribution < 1.29 is 9.84 Å². The Bertz CT molecular complexity index is 905. The zero-order valence-electron chi connectivity index (χ0n) is 13.4. The number of aliphatic hydroxyl groups excluding tert-OH is 1. The maximum Gasteiger partial charge on any atom is 0.144 e. The second kappa shape index (κ2) is 7.44. The molecule has 130 valence electrons. The molecule has 1 aliphatic heterocycles. The third kappa shape index (κ3) is 3.35. The molecule has 0 unspecified atom stereocenters. The molecule has 0 amide bonds. The SMILES string of the molecule is Cl.OCCOc1ccc2c(N3CCc4ccc(Cl)cc43)ncnc2c1. The third-order valence-corrected chi connectivity index (χ3v) is 4.38. The standard InChI is InChI=1S/C18H16ClN3O2.ClH/c19-13-2-1-12-5-6-22(17(12)9-13)18-15-4-3-14(24-8-7-23)10-16(15)20-11-21-18;/h1-4,9-11,23H,5-8H2;1H. The van der Waals surface area contributed by atoms with Crippen molar-refractivity contribution in [2.75, 3.05) is 24.7 Å². The molecule has 0 saturated carbocycles. The van der Waals surface area contributed by atoms with Crippen LogP contribution in [0.25, 0.3) is 10.9 Å². The van der Waals surface area contributed by atoms with E-state index in [-0.39, 0.29) is 25.6 Å². The normalized spacial score (nSPS) is 12.8. The maximum absolute atomic E-state index is 8.88. The minimum Gasteiger partial charge on any atom is -0.491 e. The molecule has 1 N–H and O–H groups in total. The first-order valence-electron chi connectivity index (χ1n) is 7.80. The summed E-state index contributed by atoms with van der Waals surface area (Å²) in [5.74, 6) is 1.56. The summed E-state index contributed by atoms with van der Waals surface area (Å²) in [7, 11) is 0. The average molecular weight is 378 g/mol. The Labute approximate surface area is 156 Å². The van der Waals surface area contributed by atoms with Crippen LogP contribution in [0.4, 0.5) is 11.5 Å². The predicted octanol–water partition coefficient (Wildman–Crippen LogP) is 3.77. The summed E-state index contributed by atoms with van der Waals surface area (Å²) in [6, 6.07) is 11.7. The lowest BCUT2D eigenvalue weighted by Gasteiger charge is -2.20. The molecule has 1 aromatic heterocycles. The summed E-state index contributed by atoms with van der Waals surface area (Å²) in [5.41, 5.74) is 3.18. The molecule has 2 aromatic carbocycles. The van der Waals surface area contributed by atoms with Gasteiger partial charge in [0.2, 0.25) is 0 Å². The number of hydrogen-bond donors (Lipinski definition) is 1. The highest BCUT2D eigenvalue weighted by Crippen LogP contribution is 2.38. The number of benzene rings is 2. The lowest BCUT2D eigenvalue weighted by atomic mass is 10.1. The van der Waals surface area contributed by atoms with Crippen molar-refractivity contribution >= 4 is 46.4 Å². The van der Waals surface area contributed by atoms with E-state index in [9.17, 15) is 0 Å². The van der Waals surface area contributed by atoms with E-state index in [1.807, 2.05) is 30.3 Å². The molecule has 0 bridgehead atoms. The van der Waals surface area contributed by atoms with Gasteiger partial charge in [-0.1, -0.05) is 17.7 Å². The van der Waals surface area contributed by atoms with Crippen molar-refractivity contribution in [1.82, 2.24) is 9.97 Å². The van der Waals surface area contributed by atoms with Crippen LogP contribution in [-0.2, 0) is 6.42 Å². The fourth-order valence-electron chi connectivity index (χ4n) is 3.06. The van der Waals surface area contributed by atoms with Gasteiger partial charge in [-0.3, -0.25) is 0 Å². The van der Waals surface area contributed by atoms with Crippen LogP contribution in [0.3, 0.4) is 0 Å². The van der Waals surface area contributed by atoms with Crippen molar-refractivity contribution in [3.8, 4) is 5.75 Å². The molecule has 4 rings (SSSR count). The Hall–Kier alpha value is -2.08. The van der Waals surface area contributed by atoms with Gasteiger partial charge < -0.3 is 14.7 Å². The number of nitrogens with zero attached hydrogens (tertiary/aromatic N) is 3. The first kappa shape index (κ1) is 17.7. The largest absolute Gasteiger partial charge is 0.491 e. The molecule has 25 heavy (non-hydrogen) atoms. The second-order valence-corrected chi connectivity index (χ2v) is 6.06. The lowest BCUT2D eigenvalue weighted by Crippen LogP contribution is -2.15. The van der Waals surface area contributed by atoms with Gasteiger partial charge in [0.25, 0.3) is 0 Å². The molecule has 7 heteroatoms. The van der Waals surface area contributed by atoms with Crippen molar-refractivity contribution in [3.63, 3.8) is 0 Å². The summed E-state index contributed by atoms with van der Waals surface area (Å²) in [6.07, 6.45) is 2.53. The molecular weight excluding hydrogens is 361 g/mol. The Morgan fingerprint density at radius 1 is 1.16 bits per heavy atom. The number of halogens is 2. The molecule has 0 saturated heterocycles. The van der Waals surface area contributed by atoms with E-state index < -0.39 is 0 Å². The van der Waals surface area contributed by atoms with Crippen LogP contribution in [0.2, 0.25) is 5.02 Å². The van der Waals surface area contributed by atoms with Gasteiger partial charge in [0.15, 0.2) is 0 Å². The zero-order valence-corrected chi connectivity index (χ0v) is 14.9. The van der Waals surface area contributed by atoms with E-state index in [1.54, 1.807) is 6.33 Å². The Morgan fingerprint density at radius 2 is 2.04 bits per heavy atom. The highest BCUT2D eigenvalue weighted by molar-refractivity contribution is 6.31. The molecule has 0 atom stereocenters. The van der Waals surface area contributed by atoms with Gasteiger partial charge in [-0.15, -0.1) is 12.4 Å². The number of anilines is 2. The summed E-state index contributed by atoms with van der Waals surface area (Å²) in [5, 5.41) is 10.6. The van der Waals surface area contributed by atoms with E-state index in [2.05, 4.69) is 20.9 Å². The summed E-state index contributed by atoms with van der Waals surface area (Å²) < 4.78 is 5.46. The summed E-state index contributed by atoms with van der Waals surface area (Å²) in [6.45, 7) is 1.12. The highest BCUT2D eigenvalue weighted by atomic mass is 35.5. The van der Waals surface area contributed by atoms with E-state index in [4.69, 9.17) is 21.4 Å². The lowest BCUT2D eigenvalue weighted by molar-refractivity contribution is 0.201. The number of fused-ring (bicyclic) bond motifs is 2. The molecule has 0 spiro atoms. The zero-order chi connectivity index (χ0) is 16.5. The molecule has 0 aliphatic carbocycles. The molecule has 0 radical (unpaired) electrons. The van der Waals surface area contributed by atoms with Gasteiger partial charge in [0, 0.05) is 28.7 Å². The van der Waals surface area contributed by atoms with Crippen molar-refractivity contribution in [2.45, 2.75) is 6.42 Å². The Morgan fingerprint density at radius 3 is 2.88 bits per heavy atom. The van der Waals surface area contributed by atoms with Gasteiger partial charge in [0.05, 0.1) is 12.1 Å². The quantitative estimate of drug-likeness (QED) is 0.749. The van der Waals surface area contributed by atoms with Gasteiger partial charge in [-0.2, -0.15) is 0 Å². The van der Waals surface area contributed by atoms with Crippen LogP contribution in [0.1, 0.15) is 5.56 Å². The van der Waals surface area contributed by atoms with Crippen LogP contribution in [0, 0.1) is 0 Å². The Kier molecular flexibility index (Phi) is 5.27. The number of ether oxygens (including phenoxy) is 1. The van der Waals surface area contributed by atoms with Gasteiger partial charge in [0.1, 0.15) is 24.5 Å². The van der Waals surface area contributed by atoms with Crippen molar-refractivity contribution in [3.05, 3.63) is 53.3 Å². The molecule has 3 aromatic rings. The van der Waals surface area contributed by atoms with Gasteiger partial charge in [-0.25, -0.2) is 9.97 Å². The second-order valence-electron chi connectivity index (χ2n) is 5.62. The topological polar surface area (TPSA) is 58.5 Å². The summed E-state index contributed by atoms with van der Waals surface area (Å²) >= 11 is 6.17. The number of aromatic nitrogens is 2. The highest BCUT2D eigenvalue weighted by Gasteiger charge is 2.23. The van der Waals surface area contributed by atoms with Crippen LogP contribution >= 0.6 is 24.0 Å². The fourth-order valence-corrected chi connectivity index (χ4v) is 3.23. The first-order chi connectivity index (χ1) is 11.8. The van der Waals surface area contributed by atoms with Crippen molar-refractivity contribution in [2.24, 2.45) is 0 Å². The average Bonchev–Trinajstić information content (AvgIpc) is 3.02. The van der Waals surface area contributed by atoms with E-state index >= 15 is 0 Å². The molecule has 1 aliphatic rings. The third-order valence-electron chi connectivity index (χ3n) is 4.15. The predicted molar refractivity (Wildman–Crippen MR) is 102 cm³/mol. The molecule has 2 heterocycles. The van der Waals surface area contributed by atoms with E-state index in [0.717, 1.165) is 40.4 Å². The number of aliphatic hydroxyl groups is 1. The number of rotatable bonds is 4. The van der Waals surface area contributed by atoms with Crippen LogP contribution in [-0.4, -0.2) is 34.8 Å². The van der Waals surface area contributed by atoms with E-state index in [0.29, 0.717) is 5.75 Å². The maximum atomic E-state index is 8.88. The Balaban J connectivity index is 0.00000182. The monoisotopic (exact) mass is 377 g/mol.